The maximum atomic E-state index is 12.5. The molecule has 1 N–H and O–H groups in total. The van der Waals surface area contributed by atoms with E-state index >= 15 is 0 Å². The van der Waals surface area contributed by atoms with Crippen molar-refractivity contribution < 1.29 is 23.1 Å². The van der Waals surface area contributed by atoms with Crippen LogP contribution < -0.4 is 0 Å². The third-order valence-electron chi connectivity index (χ3n) is 2.78. The van der Waals surface area contributed by atoms with E-state index in [0.29, 0.717) is 11.3 Å². The summed E-state index contributed by atoms with van der Waals surface area (Å²) in [6.45, 7) is 1.95. The summed E-state index contributed by atoms with van der Waals surface area (Å²) in [6.07, 6.45) is 1.53. The van der Waals surface area contributed by atoms with Gasteiger partial charge in [-0.1, -0.05) is 13.0 Å². The molecule has 0 amide bonds. The predicted octanol–water partition coefficient (Wildman–Crippen LogP) is 5.17. The number of aromatic nitrogens is 1. The van der Waals surface area contributed by atoms with Crippen LogP contribution in [0.1, 0.15) is 17.3 Å². The van der Waals surface area contributed by atoms with Gasteiger partial charge in [0.2, 0.25) is 0 Å². The van der Waals surface area contributed by atoms with Crippen molar-refractivity contribution in [3.8, 4) is 11.3 Å². The zero-order chi connectivity index (χ0) is 17.0. The lowest BCUT2D eigenvalue weighted by atomic mass is 10.0. The monoisotopic (exact) mass is 359 g/mol. The predicted molar refractivity (Wildman–Crippen MR) is 84.9 cm³/mol. The Morgan fingerprint density at radius 2 is 2.04 bits per heavy atom. The van der Waals surface area contributed by atoms with Gasteiger partial charge in [0.15, 0.2) is 0 Å². The van der Waals surface area contributed by atoms with Gasteiger partial charge in [-0.05, 0) is 41.8 Å². The highest BCUT2D eigenvalue weighted by molar-refractivity contribution is 8.00. The van der Waals surface area contributed by atoms with Crippen molar-refractivity contribution in [1.29, 1.82) is 0 Å². The molecule has 1 aromatic heterocycles. The number of carboxylic acids is 1. The van der Waals surface area contributed by atoms with Gasteiger partial charge in [-0.15, -0.1) is 11.8 Å². The molecule has 8 heteroatoms. The third-order valence-corrected chi connectivity index (χ3v) is 4.43. The molecule has 0 aliphatic heterocycles. The molecule has 2 aromatic rings. The van der Waals surface area contributed by atoms with Crippen molar-refractivity contribution in [2.45, 2.75) is 22.2 Å². The first-order chi connectivity index (χ1) is 10.8. The van der Waals surface area contributed by atoms with Gasteiger partial charge in [0, 0.05) is 21.6 Å². The number of rotatable bonds is 5. The zero-order valence-corrected chi connectivity index (χ0v) is 13.6. The van der Waals surface area contributed by atoms with Crippen LogP contribution in [0.2, 0.25) is 0 Å². The van der Waals surface area contributed by atoms with E-state index in [-0.39, 0.29) is 22.2 Å². The smallest absolute Gasteiger partial charge is 0.446 e. The van der Waals surface area contributed by atoms with Crippen LogP contribution in [0.15, 0.2) is 46.3 Å². The topological polar surface area (TPSA) is 50.2 Å². The van der Waals surface area contributed by atoms with Gasteiger partial charge in [-0.3, -0.25) is 4.98 Å². The van der Waals surface area contributed by atoms with E-state index in [1.807, 2.05) is 6.92 Å². The fraction of sp³-hybridized carbons (Fsp3) is 0.200. The molecule has 0 radical (unpaired) electrons. The second-order valence-electron chi connectivity index (χ2n) is 4.34. The Balaban J connectivity index is 2.53. The molecule has 0 saturated carbocycles. The number of alkyl halides is 3. The highest BCUT2D eigenvalue weighted by Gasteiger charge is 2.30. The molecule has 1 aromatic carbocycles. The quantitative estimate of drug-likeness (QED) is 0.746. The molecule has 3 nitrogen and oxygen atoms in total. The first-order valence-corrected chi connectivity index (χ1v) is 8.33. The van der Waals surface area contributed by atoms with Crippen molar-refractivity contribution in [2.24, 2.45) is 0 Å². The number of aromatic carboxylic acids is 1. The van der Waals surface area contributed by atoms with Crippen LogP contribution in [0.3, 0.4) is 0 Å². The Labute approximate surface area is 139 Å². The number of benzene rings is 1. The first-order valence-electron chi connectivity index (χ1n) is 6.53. The maximum absolute atomic E-state index is 12.5. The van der Waals surface area contributed by atoms with E-state index in [1.165, 1.54) is 30.1 Å². The standard InChI is InChI=1S/C15H12F3NO2S2/c1-2-22-12-4-3-7-19-13(12)10-6-5-9(23-15(16,17)18)8-11(10)14(20)21/h3-8H,2H2,1H3,(H,20,21). The summed E-state index contributed by atoms with van der Waals surface area (Å²) < 4.78 is 37.4. The van der Waals surface area contributed by atoms with Crippen LogP contribution >= 0.6 is 23.5 Å². The van der Waals surface area contributed by atoms with Gasteiger partial charge in [0.05, 0.1) is 11.3 Å². The summed E-state index contributed by atoms with van der Waals surface area (Å²) in [5.41, 5.74) is -3.90. The van der Waals surface area contributed by atoms with Crippen LogP contribution in [0, 0.1) is 0 Å². The fourth-order valence-electron chi connectivity index (χ4n) is 1.97. The Kier molecular flexibility index (Phi) is 5.59. The van der Waals surface area contributed by atoms with Crippen molar-refractivity contribution >= 4 is 29.5 Å². The molecule has 0 spiro atoms. The highest BCUT2D eigenvalue weighted by atomic mass is 32.2. The van der Waals surface area contributed by atoms with Crippen LogP contribution in [0.5, 0.6) is 0 Å². The van der Waals surface area contributed by atoms with Crippen molar-refractivity contribution in [1.82, 2.24) is 4.98 Å². The number of nitrogens with zero attached hydrogens (tertiary/aromatic N) is 1. The second-order valence-corrected chi connectivity index (χ2v) is 6.79. The van der Waals surface area contributed by atoms with Crippen molar-refractivity contribution in [3.63, 3.8) is 0 Å². The molecule has 0 fully saturated rings. The van der Waals surface area contributed by atoms with E-state index in [1.54, 1.807) is 12.1 Å². The summed E-state index contributed by atoms with van der Waals surface area (Å²) in [7, 11) is 0. The van der Waals surface area contributed by atoms with E-state index in [0.717, 1.165) is 16.7 Å². The highest BCUT2D eigenvalue weighted by Crippen LogP contribution is 2.39. The van der Waals surface area contributed by atoms with Gasteiger partial charge < -0.3 is 5.11 Å². The van der Waals surface area contributed by atoms with Gasteiger partial charge in [0.25, 0.3) is 0 Å². The normalized spacial score (nSPS) is 11.5. The molecule has 0 aliphatic carbocycles. The molecule has 23 heavy (non-hydrogen) atoms. The van der Waals surface area contributed by atoms with Gasteiger partial charge in [-0.2, -0.15) is 13.2 Å². The minimum absolute atomic E-state index is 0.167. The molecule has 0 atom stereocenters. The fourth-order valence-corrected chi connectivity index (χ4v) is 3.33. The number of thioether (sulfide) groups is 2. The van der Waals surface area contributed by atoms with Crippen molar-refractivity contribution in [2.75, 3.05) is 5.75 Å². The number of hydrogen-bond acceptors (Lipinski definition) is 4. The van der Waals surface area contributed by atoms with E-state index < -0.39 is 11.5 Å². The molecular weight excluding hydrogens is 347 g/mol. The van der Waals surface area contributed by atoms with Gasteiger partial charge in [0.1, 0.15) is 0 Å². The molecule has 122 valence electrons. The molecule has 0 aliphatic rings. The van der Waals surface area contributed by atoms with Crippen LogP contribution in [0.25, 0.3) is 11.3 Å². The Morgan fingerprint density at radius 3 is 2.65 bits per heavy atom. The summed E-state index contributed by atoms with van der Waals surface area (Å²) in [4.78, 5) is 16.3. The number of hydrogen-bond donors (Lipinski definition) is 1. The Hall–Kier alpha value is -1.67. The summed E-state index contributed by atoms with van der Waals surface area (Å²) >= 11 is 1.15. The van der Waals surface area contributed by atoms with Crippen LogP contribution in [0.4, 0.5) is 13.2 Å². The number of carbonyl (C=O) groups is 1. The molecule has 2 rings (SSSR count). The van der Waals surface area contributed by atoms with Gasteiger partial charge >= 0.3 is 11.5 Å². The lowest BCUT2D eigenvalue weighted by Gasteiger charge is -2.12. The summed E-state index contributed by atoms with van der Waals surface area (Å²) in [5, 5.41) is 9.35. The minimum Gasteiger partial charge on any atom is -0.478 e. The minimum atomic E-state index is -4.47. The number of pyridine rings is 1. The second kappa shape index (κ2) is 7.27. The van der Waals surface area contributed by atoms with E-state index in [9.17, 15) is 23.1 Å². The lowest BCUT2D eigenvalue weighted by molar-refractivity contribution is -0.0328. The van der Waals surface area contributed by atoms with Crippen LogP contribution in [-0.4, -0.2) is 27.3 Å². The molecule has 1 heterocycles. The third kappa shape index (κ3) is 4.65. The molecular formula is C15H12F3NO2S2. The van der Waals surface area contributed by atoms with Crippen LogP contribution in [-0.2, 0) is 0 Å². The number of halogens is 3. The average Bonchev–Trinajstić information content (AvgIpc) is 2.46. The SMILES string of the molecule is CCSc1cccnc1-c1ccc(SC(F)(F)F)cc1C(=O)O. The van der Waals surface area contributed by atoms with Crippen molar-refractivity contribution in [3.05, 3.63) is 42.1 Å². The number of carboxylic acid groups (broad SMARTS) is 1. The molecule has 0 unspecified atom stereocenters. The van der Waals surface area contributed by atoms with E-state index in [2.05, 4.69) is 4.98 Å². The van der Waals surface area contributed by atoms with E-state index in [4.69, 9.17) is 0 Å². The summed E-state index contributed by atoms with van der Waals surface area (Å²) in [5.74, 6) is -0.522. The molecule has 0 bridgehead atoms. The lowest BCUT2D eigenvalue weighted by Crippen LogP contribution is -2.04. The Morgan fingerprint density at radius 1 is 1.30 bits per heavy atom. The zero-order valence-electron chi connectivity index (χ0n) is 11.9. The van der Waals surface area contributed by atoms with Gasteiger partial charge in [-0.25, -0.2) is 4.79 Å². The maximum Gasteiger partial charge on any atom is 0.446 e. The largest absolute Gasteiger partial charge is 0.478 e. The molecule has 0 saturated heterocycles. The first kappa shape index (κ1) is 17.7. The average molecular weight is 359 g/mol. The summed E-state index contributed by atoms with van der Waals surface area (Å²) in [6, 6.07) is 7.20. The Bertz CT molecular complexity index is 720.